The Kier molecular flexibility index (Phi) is 4.86. The van der Waals surface area contributed by atoms with Gasteiger partial charge in [0.2, 0.25) is 0 Å². The molecule has 2 aromatic rings. The van der Waals surface area contributed by atoms with Gasteiger partial charge in [0.05, 0.1) is 6.04 Å². The minimum atomic E-state index is -0.217. The number of anilines is 1. The Morgan fingerprint density at radius 3 is 2.43 bits per heavy atom. The van der Waals surface area contributed by atoms with Crippen LogP contribution in [0.2, 0.25) is 5.02 Å². The molecule has 2 N–H and O–H groups in total. The second kappa shape index (κ2) is 6.64. The zero-order chi connectivity index (χ0) is 15.4. The Morgan fingerprint density at radius 2 is 1.76 bits per heavy atom. The quantitative estimate of drug-likeness (QED) is 0.837. The van der Waals surface area contributed by atoms with Crippen molar-refractivity contribution >= 4 is 23.3 Å². The van der Waals surface area contributed by atoms with Gasteiger partial charge in [0.1, 0.15) is 0 Å². The topological polar surface area (TPSA) is 41.1 Å². The highest BCUT2D eigenvalue weighted by Crippen LogP contribution is 2.19. The minimum Gasteiger partial charge on any atom is -0.331 e. The van der Waals surface area contributed by atoms with Gasteiger partial charge < -0.3 is 10.6 Å². The molecular weight excluding hydrogens is 284 g/mol. The number of carbonyl (C=O) groups excluding carboxylic acids is 1. The molecule has 0 aliphatic carbocycles. The zero-order valence-corrected chi connectivity index (χ0v) is 13.2. The Labute approximate surface area is 130 Å². The number of benzene rings is 2. The zero-order valence-electron chi connectivity index (χ0n) is 12.4. The molecule has 21 heavy (non-hydrogen) atoms. The van der Waals surface area contributed by atoms with E-state index in [0.29, 0.717) is 5.02 Å². The van der Waals surface area contributed by atoms with Crippen LogP contribution in [-0.2, 0) is 0 Å². The van der Waals surface area contributed by atoms with Crippen molar-refractivity contribution in [2.45, 2.75) is 26.8 Å². The maximum Gasteiger partial charge on any atom is 0.319 e. The molecule has 0 fully saturated rings. The third kappa shape index (κ3) is 3.99. The fraction of sp³-hybridized carbons (Fsp3) is 0.235. The van der Waals surface area contributed by atoms with Crippen LogP contribution in [0, 0.1) is 13.8 Å². The summed E-state index contributed by atoms with van der Waals surface area (Å²) >= 11 is 5.86. The van der Waals surface area contributed by atoms with Crippen LogP contribution >= 0.6 is 11.6 Å². The Balaban J connectivity index is 2.01. The molecule has 1 atom stereocenters. The molecule has 0 spiro atoms. The average molecular weight is 303 g/mol. The highest BCUT2D eigenvalue weighted by molar-refractivity contribution is 6.30. The van der Waals surface area contributed by atoms with Gasteiger partial charge in [-0.3, -0.25) is 0 Å². The molecule has 0 aliphatic heterocycles. The van der Waals surface area contributed by atoms with Crippen molar-refractivity contribution in [1.82, 2.24) is 5.32 Å². The van der Waals surface area contributed by atoms with Gasteiger partial charge in [-0.05, 0) is 55.7 Å². The molecule has 4 heteroatoms. The van der Waals surface area contributed by atoms with Crippen molar-refractivity contribution in [3.63, 3.8) is 0 Å². The van der Waals surface area contributed by atoms with Crippen LogP contribution in [0.5, 0.6) is 0 Å². The average Bonchev–Trinajstić information content (AvgIpc) is 2.44. The lowest BCUT2D eigenvalue weighted by atomic mass is 10.1. The summed E-state index contributed by atoms with van der Waals surface area (Å²) in [6.45, 7) is 5.95. The maximum atomic E-state index is 12.1. The molecule has 0 unspecified atom stereocenters. The number of rotatable bonds is 3. The predicted octanol–water partition coefficient (Wildman–Crippen LogP) is 4.84. The van der Waals surface area contributed by atoms with Gasteiger partial charge >= 0.3 is 6.03 Å². The fourth-order valence-electron chi connectivity index (χ4n) is 2.08. The van der Waals surface area contributed by atoms with E-state index in [0.717, 1.165) is 22.4 Å². The first kappa shape index (κ1) is 15.4. The summed E-state index contributed by atoms with van der Waals surface area (Å²) in [5, 5.41) is 6.49. The summed E-state index contributed by atoms with van der Waals surface area (Å²) in [5.41, 5.74) is 4.07. The monoisotopic (exact) mass is 302 g/mol. The molecule has 2 rings (SSSR count). The Bertz CT molecular complexity index is 638. The summed E-state index contributed by atoms with van der Waals surface area (Å²) in [5.74, 6) is 0. The molecule has 2 amide bonds. The van der Waals surface area contributed by atoms with Crippen LogP contribution in [0.3, 0.4) is 0 Å². The van der Waals surface area contributed by atoms with E-state index in [1.807, 2.05) is 63.2 Å². The van der Waals surface area contributed by atoms with Crippen molar-refractivity contribution in [3.05, 3.63) is 64.2 Å². The molecule has 0 radical (unpaired) electrons. The summed E-state index contributed by atoms with van der Waals surface area (Å²) in [6, 6.07) is 13.0. The standard InChI is InChI=1S/C17H19ClN2O/c1-11-5-4-6-16(12(11)2)20-17(21)19-13(3)14-7-9-15(18)10-8-14/h4-10,13H,1-3H3,(H2,19,20,21)/t13-/m1/s1. The van der Waals surface area contributed by atoms with Crippen LogP contribution in [0.4, 0.5) is 10.5 Å². The molecule has 0 heterocycles. The van der Waals surface area contributed by atoms with Gasteiger partial charge in [0, 0.05) is 10.7 Å². The van der Waals surface area contributed by atoms with Crippen molar-refractivity contribution in [3.8, 4) is 0 Å². The fourth-order valence-corrected chi connectivity index (χ4v) is 2.20. The summed E-state index contributed by atoms with van der Waals surface area (Å²) < 4.78 is 0. The number of nitrogens with one attached hydrogen (secondary N) is 2. The van der Waals surface area contributed by atoms with E-state index in [4.69, 9.17) is 11.6 Å². The Morgan fingerprint density at radius 1 is 1.10 bits per heavy atom. The first-order valence-corrected chi connectivity index (χ1v) is 7.24. The van der Waals surface area contributed by atoms with E-state index in [1.165, 1.54) is 0 Å². The van der Waals surface area contributed by atoms with Crippen molar-refractivity contribution in [2.75, 3.05) is 5.32 Å². The number of halogens is 1. The van der Waals surface area contributed by atoms with Gasteiger partial charge in [-0.2, -0.15) is 0 Å². The lowest BCUT2D eigenvalue weighted by Gasteiger charge is -2.16. The highest BCUT2D eigenvalue weighted by Gasteiger charge is 2.10. The number of hydrogen-bond acceptors (Lipinski definition) is 1. The van der Waals surface area contributed by atoms with Crippen molar-refractivity contribution in [1.29, 1.82) is 0 Å². The molecule has 0 aliphatic rings. The van der Waals surface area contributed by atoms with Crippen LogP contribution in [0.25, 0.3) is 0 Å². The molecule has 2 aromatic carbocycles. The van der Waals surface area contributed by atoms with Crippen molar-refractivity contribution in [2.24, 2.45) is 0 Å². The number of hydrogen-bond donors (Lipinski definition) is 2. The number of carbonyl (C=O) groups is 1. The van der Waals surface area contributed by atoms with E-state index < -0.39 is 0 Å². The second-order valence-electron chi connectivity index (χ2n) is 5.12. The van der Waals surface area contributed by atoms with Gasteiger partial charge in [0.15, 0.2) is 0 Å². The van der Waals surface area contributed by atoms with E-state index in [9.17, 15) is 4.79 Å². The van der Waals surface area contributed by atoms with Crippen molar-refractivity contribution < 1.29 is 4.79 Å². The molecule has 3 nitrogen and oxygen atoms in total. The number of aryl methyl sites for hydroxylation is 1. The number of amides is 2. The number of urea groups is 1. The van der Waals surface area contributed by atoms with Crippen LogP contribution in [-0.4, -0.2) is 6.03 Å². The minimum absolute atomic E-state index is 0.0904. The van der Waals surface area contributed by atoms with Gasteiger partial charge in [-0.1, -0.05) is 35.9 Å². The van der Waals surface area contributed by atoms with Gasteiger partial charge in [-0.15, -0.1) is 0 Å². The van der Waals surface area contributed by atoms with E-state index >= 15 is 0 Å². The molecule has 110 valence electrons. The van der Waals surface area contributed by atoms with Gasteiger partial charge in [0.25, 0.3) is 0 Å². The Hall–Kier alpha value is -2.00. The largest absolute Gasteiger partial charge is 0.331 e. The van der Waals surface area contributed by atoms with E-state index in [2.05, 4.69) is 10.6 Å². The SMILES string of the molecule is Cc1cccc(NC(=O)N[C@H](C)c2ccc(Cl)cc2)c1C. The molecular formula is C17H19ClN2O. The van der Waals surface area contributed by atoms with Crippen LogP contribution in [0.1, 0.15) is 29.7 Å². The van der Waals surface area contributed by atoms with E-state index in [1.54, 1.807) is 0 Å². The molecule has 0 saturated carbocycles. The molecule has 0 aromatic heterocycles. The van der Waals surface area contributed by atoms with E-state index in [-0.39, 0.29) is 12.1 Å². The predicted molar refractivity (Wildman–Crippen MR) is 87.9 cm³/mol. The first-order chi connectivity index (χ1) is 9.97. The summed E-state index contributed by atoms with van der Waals surface area (Å²) in [7, 11) is 0. The lowest BCUT2D eigenvalue weighted by Crippen LogP contribution is -2.31. The van der Waals surface area contributed by atoms with Crippen LogP contribution < -0.4 is 10.6 Å². The lowest BCUT2D eigenvalue weighted by molar-refractivity contribution is 0.249. The summed E-state index contributed by atoms with van der Waals surface area (Å²) in [6.07, 6.45) is 0. The smallest absolute Gasteiger partial charge is 0.319 e. The van der Waals surface area contributed by atoms with Crippen LogP contribution in [0.15, 0.2) is 42.5 Å². The highest BCUT2D eigenvalue weighted by atomic mass is 35.5. The first-order valence-electron chi connectivity index (χ1n) is 6.86. The third-order valence-electron chi connectivity index (χ3n) is 3.57. The van der Waals surface area contributed by atoms with Gasteiger partial charge in [-0.25, -0.2) is 4.79 Å². The molecule has 0 saturated heterocycles. The third-order valence-corrected chi connectivity index (χ3v) is 3.82. The summed E-state index contributed by atoms with van der Waals surface area (Å²) in [4.78, 5) is 12.1. The normalized spacial score (nSPS) is 11.8. The second-order valence-corrected chi connectivity index (χ2v) is 5.56. The maximum absolute atomic E-state index is 12.1. The molecule has 0 bridgehead atoms.